The third-order valence-corrected chi connectivity index (χ3v) is 9.36. The number of aliphatic hydroxyl groups is 3. The molecule has 0 aromatic carbocycles. The first-order valence-electron chi connectivity index (χ1n) is 10.5. The van der Waals surface area contributed by atoms with Crippen LogP contribution in [-0.4, -0.2) is 33.6 Å². The lowest BCUT2D eigenvalue weighted by atomic mass is 9.47. The first-order valence-corrected chi connectivity index (χ1v) is 10.5. The van der Waals surface area contributed by atoms with Crippen molar-refractivity contribution in [3.63, 3.8) is 0 Å². The van der Waals surface area contributed by atoms with E-state index in [1.807, 2.05) is 6.92 Å². The molecule has 3 nitrogen and oxygen atoms in total. The van der Waals surface area contributed by atoms with E-state index in [2.05, 4.69) is 19.9 Å². The molecule has 4 aliphatic rings. The van der Waals surface area contributed by atoms with Gasteiger partial charge in [-0.1, -0.05) is 32.4 Å². The van der Waals surface area contributed by atoms with E-state index < -0.39 is 5.60 Å². The molecule has 0 aromatic rings. The maximum absolute atomic E-state index is 11.5. The van der Waals surface area contributed by atoms with Gasteiger partial charge < -0.3 is 15.3 Å². The van der Waals surface area contributed by atoms with E-state index in [0.29, 0.717) is 23.2 Å². The van der Waals surface area contributed by atoms with Gasteiger partial charge in [-0.25, -0.2) is 0 Å². The second-order valence-corrected chi connectivity index (χ2v) is 10.2. The highest BCUT2D eigenvalue weighted by molar-refractivity contribution is 5.30. The average molecular weight is 349 g/mol. The molecule has 0 amide bonds. The van der Waals surface area contributed by atoms with Gasteiger partial charge in [0.05, 0.1) is 11.7 Å². The van der Waals surface area contributed by atoms with Crippen molar-refractivity contribution in [3.8, 4) is 0 Å². The lowest BCUT2D eigenvalue weighted by Gasteiger charge is -2.58. The molecule has 0 aromatic heterocycles. The zero-order valence-electron chi connectivity index (χ0n) is 16.2. The number of hydrogen-bond donors (Lipinski definition) is 3. The van der Waals surface area contributed by atoms with E-state index in [4.69, 9.17) is 0 Å². The van der Waals surface area contributed by atoms with E-state index in [1.165, 1.54) is 0 Å². The van der Waals surface area contributed by atoms with E-state index in [1.54, 1.807) is 5.57 Å². The van der Waals surface area contributed by atoms with Crippen molar-refractivity contribution in [1.82, 2.24) is 0 Å². The van der Waals surface area contributed by atoms with Crippen LogP contribution in [0.2, 0.25) is 0 Å². The van der Waals surface area contributed by atoms with Gasteiger partial charge in [0.15, 0.2) is 0 Å². The van der Waals surface area contributed by atoms with Crippen LogP contribution in [0.4, 0.5) is 0 Å². The largest absolute Gasteiger partial charge is 0.396 e. The lowest BCUT2D eigenvalue weighted by molar-refractivity contribution is -0.134. The maximum Gasteiger partial charge on any atom is 0.0754 e. The maximum atomic E-state index is 11.5. The van der Waals surface area contributed by atoms with Crippen molar-refractivity contribution in [2.45, 2.75) is 83.8 Å². The van der Waals surface area contributed by atoms with Gasteiger partial charge >= 0.3 is 0 Å². The standard InChI is InChI=1S/C22H36O3/c1-14(13-23)22(25)11-8-19-17-5-4-15-12-16(24)6-9-20(15,2)18(17)7-10-21(19,22)3/h5,14-16,18-19,23-25H,4,6-13H2,1-3H3/t14?,15-,16-,18?,19?,20+,21+,22+/m1/s1. The molecule has 0 heterocycles. The molecule has 3 N–H and O–H groups in total. The van der Waals surface area contributed by atoms with Gasteiger partial charge in [0.25, 0.3) is 0 Å². The van der Waals surface area contributed by atoms with Gasteiger partial charge in [-0.3, -0.25) is 0 Å². The van der Waals surface area contributed by atoms with Crippen molar-refractivity contribution in [1.29, 1.82) is 0 Å². The van der Waals surface area contributed by atoms with Gasteiger partial charge in [-0.15, -0.1) is 0 Å². The molecule has 4 aliphatic carbocycles. The molecule has 3 heteroatoms. The van der Waals surface area contributed by atoms with Crippen LogP contribution in [0.15, 0.2) is 11.6 Å². The van der Waals surface area contributed by atoms with Crippen LogP contribution in [0.3, 0.4) is 0 Å². The van der Waals surface area contributed by atoms with E-state index >= 15 is 0 Å². The molecule has 3 unspecified atom stereocenters. The number of allylic oxidation sites excluding steroid dienone is 2. The molecule has 0 radical (unpaired) electrons. The monoisotopic (exact) mass is 348 g/mol. The SMILES string of the molecule is CC(CO)[C@@]1(O)CCC2C3=CC[C@@H]4C[C@H](O)CC[C@]4(C)C3CC[C@@]21C. The number of rotatable bonds is 2. The minimum Gasteiger partial charge on any atom is -0.396 e. The molecule has 0 spiro atoms. The first-order chi connectivity index (χ1) is 11.8. The molecule has 3 saturated carbocycles. The summed E-state index contributed by atoms with van der Waals surface area (Å²) >= 11 is 0. The van der Waals surface area contributed by atoms with Crippen LogP contribution >= 0.6 is 0 Å². The van der Waals surface area contributed by atoms with Crippen LogP contribution < -0.4 is 0 Å². The fourth-order valence-electron chi connectivity index (χ4n) is 7.50. The van der Waals surface area contributed by atoms with Crippen molar-refractivity contribution < 1.29 is 15.3 Å². The third kappa shape index (κ3) is 2.28. The van der Waals surface area contributed by atoms with E-state index in [9.17, 15) is 15.3 Å². The quantitative estimate of drug-likeness (QED) is 0.667. The van der Waals surface area contributed by atoms with Crippen molar-refractivity contribution >= 4 is 0 Å². The Bertz CT molecular complexity index is 572. The summed E-state index contributed by atoms with van der Waals surface area (Å²) in [7, 11) is 0. The molecule has 25 heavy (non-hydrogen) atoms. The Morgan fingerprint density at radius 3 is 2.56 bits per heavy atom. The molecular formula is C22H36O3. The Morgan fingerprint density at radius 2 is 1.84 bits per heavy atom. The predicted octanol–water partition coefficient (Wildman–Crippen LogP) is 3.67. The summed E-state index contributed by atoms with van der Waals surface area (Å²) < 4.78 is 0. The zero-order chi connectivity index (χ0) is 18.0. The normalized spacial score (nSPS) is 53.4. The summed E-state index contributed by atoms with van der Waals surface area (Å²) in [6.07, 6.45) is 10.6. The summed E-state index contributed by atoms with van der Waals surface area (Å²) in [6.45, 7) is 6.84. The number of fused-ring (bicyclic) bond motifs is 5. The zero-order valence-corrected chi connectivity index (χ0v) is 16.2. The van der Waals surface area contributed by atoms with Crippen molar-refractivity contribution in [2.24, 2.45) is 34.5 Å². The minimum atomic E-state index is -0.737. The molecule has 0 bridgehead atoms. The average Bonchev–Trinajstić information content (AvgIpc) is 2.87. The summed E-state index contributed by atoms with van der Waals surface area (Å²) in [5, 5.41) is 31.4. The summed E-state index contributed by atoms with van der Waals surface area (Å²) in [4.78, 5) is 0. The second-order valence-electron chi connectivity index (χ2n) is 10.2. The fourth-order valence-corrected chi connectivity index (χ4v) is 7.50. The summed E-state index contributed by atoms with van der Waals surface area (Å²) in [5.74, 6) is 1.65. The summed E-state index contributed by atoms with van der Waals surface area (Å²) in [6, 6.07) is 0. The molecule has 0 aliphatic heterocycles. The Kier molecular flexibility index (Phi) is 4.18. The highest BCUT2D eigenvalue weighted by Crippen LogP contribution is 2.67. The molecule has 8 atom stereocenters. The van der Waals surface area contributed by atoms with Gasteiger partial charge in [-0.2, -0.15) is 0 Å². The second kappa shape index (κ2) is 5.81. The van der Waals surface area contributed by atoms with Crippen LogP contribution in [-0.2, 0) is 0 Å². The fraction of sp³-hybridized carbons (Fsp3) is 0.909. The molecule has 4 rings (SSSR count). The minimum absolute atomic E-state index is 0.0589. The van der Waals surface area contributed by atoms with Gasteiger partial charge in [0, 0.05) is 17.9 Å². The Hall–Kier alpha value is -0.380. The van der Waals surface area contributed by atoms with Crippen molar-refractivity contribution in [3.05, 3.63) is 11.6 Å². The summed E-state index contributed by atoms with van der Waals surface area (Å²) in [5.41, 5.74) is 1.10. The van der Waals surface area contributed by atoms with Crippen LogP contribution in [0.5, 0.6) is 0 Å². The molecular weight excluding hydrogens is 312 g/mol. The van der Waals surface area contributed by atoms with Crippen LogP contribution in [0.25, 0.3) is 0 Å². The number of hydrogen-bond acceptors (Lipinski definition) is 3. The molecule has 0 saturated heterocycles. The molecule has 3 fully saturated rings. The first kappa shape index (κ1) is 18.0. The van der Waals surface area contributed by atoms with Crippen molar-refractivity contribution in [2.75, 3.05) is 6.61 Å². The van der Waals surface area contributed by atoms with Gasteiger partial charge in [0.1, 0.15) is 0 Å². The topological polar surface area (TPSA) is 60.7 Å². The smallest absolute Gasteiger partial charge is 0.0754 e. The third-order valence-electron chi connectivity index (χ3n) is 9.36. The van der Waals surface area contributed by atoms with Gasteiger partial charge in [0.2, 0.25) is 0 Å². The highest BCUT2D eigenvalue weighted by atomic mass is 16.3. The van der Waals surface area contributed by atoms with E-state index in [0.717, 1.165) is 51.4 Å². The highest BCUT2D eigenvalue weighted by Gasteiger charge is 2.63. The number of aliphatic hydroxyl groups excluding tert-OH is 2. The molecule has 142 valence electrons. The predicted molar refractivity (Wildman–Crippen MR) is 98.9 cm³/mol. The van der Waals surface area contributed by atoms with E-state index in [-0.39, 0.29) is 24.0 Å². The Labute approximate surface area is 152 Å². The lowest BCUT2D eigenvalue weighted by Crippen LogP contribution is -2.55. The Balaban J connectivity index is 1.68. The van der Waals surface area contributed by atoms with Crippen LogP contribution in [0.1, 0.15) is 72.1 Å². The van der Waals surface area contributed by atoms with Gasteiger partial charge in [-0.05, 0) is 74.5 Å². The Morgan fingerprint density at radius 1 is 1.12 bits per heavy atom. The van der Waals surface area contributed by atoms with Crippen LogP contribution in [0, 0.1) is 34.5 Å².